The molecule has 33 heavy (non-hydrogen) atoms. The zero-order valence-corrected chi connectivity index (χ0v) is 20.9. The van der Waals surface area contributed by atoms with E-state index in [1.807, 2.05) is 0 Å². The maximum atomic E-state index is 14.1. The molecule has 1 heterocycles. The van der Waals surface area contributed by atoms with Gasteiger partial charge in [0.2, 0.25) is 0 Å². The summed E-state index contributed by atoms with van der Waals surface area (Å²) in [5, 5.41) is 0. The quantitative estimate of drug-likeness (QED) is 0.232. The SMILES string of the molecule is C=C=C1CO[C@]2(c3ccc(Br)cc3)C(c3ccc(Br)cc3)=C(C(=O)OC)C(=O)[C@]12C(=O)OC. The van der Waals surface area contributed by atoms with Gasteiger partial charge >= 0.3 is 11.9 Å². The van der Waals surface area contributed by atoms with E-state index in [4.69, 9.17) is 14.2 Å². The molecular weight excluding hydrogens is 556 g/mol. The molecule has 2 aromatic carbocycles. The van der Waals surface area contributed by atoms with E-state index >= 15 is 0 Å². The van der Waals surface area contributed by atoms with Crippen LogP contribution in [0.2, 0.25) is 0 Å². The van der Waals surface area contributed by atoms with E-state index in [2.05, 4.69) is 44.2 Å². The fourth-order valence-electron chi connectivity index (χ4n) is 4.73. The average Bonchev–Trinajstić information content (AvgIpc) is 3.29. The molecule has 0 spiro atoms. The molecule has 4 rings (SSSR count). The van der Waals surface area contributed by atoms with Gasteiger partial charge in [0.25, 0.3) is 0 Å². The number of benzene rings is 2. The molecule has 1 aliphatic heterocycles. The van der Waals surface area contributed by atoms with Gasteiger partial charge < -0.3 is 14.2 Å². The van der Waals surface area contributed by atoms with Gasteiger partial charge in [0.15, 0.2) is 11.2 Å². The lowest BCUT2D eigenvalue weighted by molar-refractivity contribution is -0.161. The van der Waals surface area contributed by atoms with Crippen molar-refractivity contribution >= 4 is 55.2 Å². The molecule has 6 nitrogen and oxygen atoms in total. The molecule has 2 aliphatic rings. The van der Waals surface area contributed by atoms with Crippen LogP contribution in [-0.2, 0) is 34.2 Å². The third-order valence-electron chi connectivity index (χ3n) is 6.06. The second-order valence-corrected chi connectivity index (χ2v) is 9.28. The van der Waals surface area contributed by atoms with Crippen molar-refractivity contribution in [3.05, 3.63) is 92.1 Å². The van der Waals surface area contributed by atoms with Crippen LogP contribution in [0.25, 0.3) is 5.57 Å². The van der Waals surface area contributed by atoms with Crippen LogP contribution in [-0.4, -0.2) is 38.5 Å². The Morgan fingerprint density at radius 2 is 1.58 bits per heavy atom. The monoisotopic (exact) mass is 572 g/mol. The Kier molecular flexibility index (Phi) is 6.05. The maximum Gasteiger partial charge on any atom is 0.341 e. The molecule has 1 aliphatic carbocycles. The first-order chi connectivity index (χ1) is 15.8. The van der Waals surface area contributed by atoms with E-state index in [0.29, 0.717) is 11.1 Å². The van der Waals surface area contributed by atoms with Gasteiger partial charge in [-0.05, 0) is 35.4 Å². The number of hydrogen-bond acceptors (Lipinski definition) is 6. The summed E-state index contributed by atoms with van der Waals surface area (Å²) in [7, 11) is 2.36. The molecule has 2 aromatic rings. The molecule has 168 valence electrons. The van der Waals surface area contributed by atoms with Crippen molar-refractivity contribution in [2.75, 3.05) is 20.8 Å². The fourth-order valence-corrected chi connectivity index (χ4v) is 5.26. The molecule has 2 atom stereocenters. The number of ketones is 1. The Morgan fingerprint density at radius 3 is 2.09 bits per heavy atom. The summed E-state index contributed by atoms with van der Waals surface area (Å²) < 4.78 is 18.1. The molecule has 0 bridgehead atoms. The minimum absolute atomic E-state index is 0.102. The molecule has 8 heteroatoms. The van der Waals surface area contributed by atoms with E-state index in [9.17, 15) is 14.4 Å². The first-order valence-electron chi connectivity index (χ1n) is 9.81. The number of esters is 2. The van der Waals surface area contributed by atoms with Crippen LogP contribution < -0.4 is 0 Å². The predicted octanol–water partition coefficient (Wildman–Crippen LogP) is 4.52. The van der Waals surface area contributed by atoms with Crippen LogP contribution in [0, 0.1) is 5.41 Å². The average molecular weight is 574 g/mol. The van der Waals surface area contributed by atoms with Crippen LogP contribution in [0.15, 0.2) is 80.9 Å². The third-order valence-corrected chi connectivity index (χ3v) is 7.12. The maximum absolute atomic E-state index is 14.1. The fraction of sp³-hybridized carbons (Fsp3) is 0.200. The summed E-state index contributed by atoms with van der Waals surface area (Å²) in [6.07, 6.45) is 0. The van der Waals surface area contributed by atoms with Gasteiger partial charge in [-0.15, -0.1) is 5.73 Å². The van der Waals surface area contributed by atoms with Crippen LogP contribution in [0.1, 0.15) is 11.1 Å². The number of carbonyl (C=O) groups is 3. The molecule has 0 aromatic heterocycles. The standard InChI is InChI=1S/C25H18Br2O6/c1-4-15-13-33-25(16-7-11-18(27)12-8-16)20(14-5-9-17(26)10-6-14)19(22(29)31-2)21(28)24(15,25)23(30)32-3/h5-12H,1,13H2,2-3H3/t24-,25+/m0/s1. The lowest BCUT2D eigenvalue weighted by Crippen LogP contribution is -2.51. The van der Waals surface area contributed by atoms with Gasteiger partial charge in [-0.1, -0.05) is 62.7 Å². The smallest absolute Gasteiger partial charge is 0.341 e. The normalized spacial score (nSPS) is 23.9. The largest absolute Gasteiger partial charge is 0.468 e. The number of methoxy groups -OCH3 is 2. The zero-order valence-electron chi connectivity index (χ0n) is 17.7. The van der Waals surface area contributed by atoms with Gasteiger partial charge in [0.05, 0.1) is 20.8 Å². The summed E-state index contributed by atoms with van der Waals surface area (Å²) in [5.41, 5.74) is 0.139. The second-order valence-electron chi connectivity index (χ2n) is 7.45. The molecule has 0 unspecified atom stereocenters. The molecule has 0 N–H and O–H groups in total. The van der Waals surface area contributed by atoms with Crippen molar-refractivity contribution in [2.24, 2.45) is 5.41 Å². The highest BCUT2D eigenvalue weighted by Crippen LogP contribution is 2.66. The van der Waals surface area contributed by atoms with Gasteiger partial charge in [0, 0.05) is 20.1 Å². The van der Waals surface area contributed by atoms with Gasteiger partial charge in [-0.2, -0.15) is 0 Å². The zero-order chi connectivity index (χ0) is 24.0. The Labute approximate surface area is 207 Å². The van der Waals surface area contributed by atoms with Crippen LogP contribution >= 0.6 is 31.9 Å². The summed E-state index contributed by atoms with van der Waals surface area (Å²) in [6.45, 7) is 3.58. The number of rotatable bonds is 4. The minimum Gasteiger partial charge on any atom is -0.468 e. The number of carbonyl (C=O) groups excluding carboxylic acids is 3. The van der Waals surface area contributed by atoms with Crippen molar-refractivity contribution in [2.45, 2.75) is 5.60 Å². The summed E-state index contributed by atoms with van der Waals surface area (Å²) in [6, 6.07) is 14.0. The number of fused-ring (bicyclic) bond motifs is 1. The Hall–Kier alpha value is -2.77. The molecule has 1 saturated heterocycles. The lowest BCUT2D eigenvalue weighted by Gasteiger charge is -2.38. The number of halogens is 2. The Morgan fingerprint density at radius 1 is 1.00 bits per heavy atom. The summed E-state index contributed by atoms with van der Waals surface area (Å²) in [4.78, 5) is 40.7. The minimum atomic E-state index is -2.02. The Balaban J connectivity index is 2.22. The Bertz CT molecular complexity index is 1250. The number of hydrogen-bond donors (Lipinski definition) is 0. The van der Waals surface area contributed by atoms with Crippen molar-refractivity contribution in [3.8, 4) is 0 Å². The van der Waals surface area contributed by atoms with E-state index in [0.717, 1.165) is 8.95 Å². The van der Waals surface area contributed by atoms with Crippen molar-refractivity contribution < 1.29 is 28.6 Å². The van der Waals surface area contributed by atoms with Crippen molar-refractivity contribution in [1.29, 1.82) is 0 Å². The third kappa shape index (κ3) is 3.05. The van der Waals surface area contributed by atoms with Gasteiger partial charge in [0.1, 0.15) is 11.2 Å². The van der Waals surface area contributed by atoms with Crippen LogP contribution in [0.5, 0.6) is 0 Å². The van der Waals surface area contributed by atoms with Gasteiger partial charge in [-0.25, -0.2) is 4.79 Å². The molecule has 1 fully saturated rings. The van der Waals surface area contributed by atoms with Crippen molar-refractivity contribution in [3.63, 3.8) is 0 Å². The second kappa shape index (κ2) is 8.54. The van der Waals surface area contributed by atoms with Gasteiger partial charge in [-0.3, -0.25) is 9.59 Å². The molecule has 0 amide bonds. The number of ether oxygens (including phenoxy) is 3. The molecule has 0 radical (unpaired) electrons. The highest BCUT2D eigenvalue weighted by atomic mass is 79.9. The first-order valence-corrected chi connectivity index (χ1v) is 11.4. The van der Waals surface area contributed by atoms with E-state index < -0.39 is 28.7 Å². The van der Waals surface area contributed by atoms with Crippen LogP contribution in [0.4, 0.5) is 0 Å². The topological polar surface area (TPSA) is 78.9 Å². The van der Waals surface area contributed by atoms with E-state index in [1.165, 1.54) is 14.2 Å². The molecule has 0 saturated carbocycles. The highest BCUT2D eigenvalue weighted by Gasteiger charge is 2.77. The first kappa shape index (κ1) is 23.4. The summed E-state index contributed by atoms with van der Waals surface area (Å²) >= 11 is 6.82. The number of Topliss-reactive ketones (excluding diaryl/α,β-unsaturated/α-hetero) is 1. The lowest BCUT2D eigenvalue weighted by atomic mass is 9.64. The van der Waals surface area contributed by atoms with E-state index in [1.54, 1.807) is 48.5 Å². The van der Waals surface area contributed by atoms with Crippen molar-refractivity contribution in [1.82, 2.24) is 0 Å². The molecular formula is C25H18Br2O6. The summed E-state index contributed by atoms with van der Waals surface area (Å²) in [5.74, 6) is -2.52. The van der Waals surface area contributed by atoms with E-state index in [-0.39, 0.29) is 23.3 Å². The predicted molar refractivity (Wildman–Crippen MR) is 127 cm³/mol. The highest BCUT2D eigenvalue weighted by molar-refractivity contribution is 9.10. The van der Waals surface area contributed by atoms with Crippen LogP contribution in [0.3, 0.4) is 0 Å².